The summed E-state index contributed by atoms with van der Waals surface area (Å²) in [5, 5.41) is 5.05. The lowest BCUT2D eigenvalue weighted by Crippen LogP contribution is -2.33. The van der Waals surface area contributed by atoms with E-state index >= 15 is 0 Å². The van der Waals surface area contributed by atoms with Crippen LogP contribution in [0, 0.1) is 5.92 Å². The molecule has 0 heterocycles. The van der Waals surface area contributed by atoms with Crippen molar-refractivity contribution < 1.29 is 17.9 Å². The Balaban J connectivity index is 2.22. The molecular weight excluding hydrogens is 422 g/mol. The van der Waals surface area contributed by atoms with Gasteiger partial charge in [-0.2, -0.15) is 0 Å². The third-order valence-electron chi connectivity index (χ3n) is 5.86. The lowest BCUT2D eigenvalue weighted by molar-refractivity contribution is 0.414. The van der Waals surface area contributed by atoms with Crippen LogP contribution >= 0.6 is 0 Å². The second-order valence-corrected chi connectivity index (χ2v) is 10.2. The number of nitrogens with two attached hydrogens (primary N) is 1. The average molecular weight is 460 g/mol. The van der Waals surface area contributed by atoms with Gasteiger partial charge in [0.1, 0.15) is 11.5 Å². The van der Waals surface area contributed by atoms with Crippen LogP contribution in [0.5, 0.6) is 11.5 Å². The van der Waals surface area contributed by atoms with Crippen LogP contribution in [0.1, 0.15) is 50.7 Å². The lowest BCUT2D eigenvalue weighted by Gasteiger charge is -2.21. The van der Waals surface area contributed by atoms with Crippen molar-refractivity contribution in [2.24, 2.45) is 11.1 Å². The predicted octanol–water partition coefficient (Wildman–Crippen LogP) is 5.29. The number of methoxy groups -OCH3 is 2. The highest BCUT2D eigenvalue weighted by atomic mass is 32.2. The van der Waals surface area contributed by atoms with Crippen molar-refractivity contribution in [1.82, 2.24) is 0 Å². The smallest absolute Gasteiger partial charge is 0.212 e. The maximum Gasteiger partial charge on any atom is 0.212 e. The van der Waals surface area contributed by atoms with Crippen LogP contribution in [0.3, 0.4) is 0 Å². The van der Waals surface area contributed by atoms with Gasteiger partial charge in [0.2, 0.25) is 10.0 Å². The standard InChI is InChI=1S/C26H37NO4S/c1-5-6-7-26(32(27,28)29)20(2)8-9-23(18-21-10-14-24(30-3)15-11-21)19-22-12-16-25(31-4)17-13-22/h9-17,20,26H,5-8,18-19H2,1-4H3,(H2,27,28,29). The van der Waals surface area contributed by atoms with E-state index in [1.165, 1.54) is 16.7 Å². The molecule has 5 nitrogen and oxygen atoms in total. The fraction of sp³-hybridized carbons (Fsp3) is 0.462. The highest BCUT2D eigenvalue weighted by molar-refractivity contribution is 7.89. The number of hydrogen-bond donors (Lipinski definition) is 1. The Labute approximate surface area is 193 Å². The normalized spacial score (nSPS) is 13.3. The van der Waals surface area contributed by atoms with Crippen LogP contribution in [0.4, 0.5) is 0 Å². The SMILES string of the molecule is CCCCC(C(C)CC=C(Cc1ccc(OC)cc1)Cc1ccc(OC)cc1)S(N)(=O)=O. The largest absolute Gasteiger partial charge is 0.497 e. The zero-order valence-corrected chi connectivity index (χ0v) is 20.5. The summed E-state index contributed by atoms with van der Waals surface area (Å²) < 4.78 is 34.9. The topological polar surface area (TPSA) is 78.6 Å². The Hall–Kier alpha value is -2.31. The van der Waals surface area contributed by atoms with Crippen LogP contribution in [0.15, 0.2) is 60.2 Å². The number of sulfonamides is 1. The fourth-order valence-corrected chi connectivity index (χ4v) is 5.15. The van der Waals surface area contributed by atoms with Gasteiger partial charge in [0.25, 0.3) is 0 Å². The zero-order valence-electron chi connectivity index (χ0n) is 19.7. The molecule has 0 radical (unpaired) electrons. The zero-order chi connectivity index (χ0) is 23.6. The Morgan fingerprint density at radius 1 is 0.938 bits per heavy atom. The molecule has 0 fully saturated rings. The van der Waals surface area contributed by atoms with E-state index in [9.17, 15) is 8.42 Å². The van der Waals surface area contributed by atoms with Crippen molar-refractivity contribution in [2.45, 2.75) is 57.6 Å². The number of allylic oxidation sites excluding steroid dienone is 2. The molecule has 2 unspecified atom stereocenters. The minimum absolute atomic E-state index is 0.0433. The van der Waals surface area contributed by atoms with E-state index in [2.05, 4.69) is 37.3 Å². The molecule has 32 heavy (non-hydrogen) atoms. The number of benzene rings is 2. The van der Waals surface area contributed by atoms with Gasteiger partial charge in [0.05, 0.1) is 19.5 Å². The van der Waals surface area contributed by atoms with Crippen LogP contribution in [-0.4, -0.2) is 27.9 Å². The van der Waals surface area contributed by atoms with Gasteiger partial charge in [-0.3, -0.25) is 0 Å². The quantitative estimate of drug-likeness (QED) is 0.413. The molecule has 6 heteroatoms. The van der Waals surface area contributed by atoms with E-state index < -0.39 is 15.3 Å². The second kappa shape index (κ2) is 12.7. The van der Waals surface area contributed by atoms with Gasteiger partial charge in [-0.05, 0) is 67.0 Å². The number of ether oxygens (including phenoxy) is 2. The first-order chi connectivity index (χ1) is 15.3. The molecule has 0 saturated heterocycles. The maximum absolute atomic E-state index is 12.2. The van der Waals surface area contributed by atoms with Crippen molar-refractivity contribution in [1.29, 1.82) is 0 Å². The van der Waals surface area contributed by atoms with Gasteiger partial charge >= 0.3 is 0 Å². The van der Waals surface area contributed by atoms with Gasteiger partial charge in [0, 0.05) is 0 Å². The van der Waals surface area contributed by atoms with E-state index in [0.717, 1.165) is 37.2 Å². The van der Waals surface area contributed by atoms with Gasteiger partial charge in [0.15, 0.2) is 0 Å². The summed E-state index contributed by atoms with van der Waals surface area (Å²) in [6.07, 6.45) is 6.87. The van der Waals surface area contributed by atoms with Crippen LogP contribution in [-0.2, 0) is 22.9 Å². The van der Waals surface area contributed by atoms with Gasteiger partial charge in [-0.1, -0.05) is 62.6 Å². The molecule has 2 aromatic carbocycles. The summed E-state index contributed by atoms with van der Waals surface area (Å²) in [4.78, 5) is 0. The lowest BCUT2D eigenvalue weighted by atomic mass is 9.93. The summed E-state index contributed by atoms with van der Waals surface area (Å²) in [5.41, 5.74) is 3.62. The number of unbranched alkanes of at least 4 members (excludes halogenated alkanes) is 1. The molecule has 0 amide bonds. The molecule has 2 atom stereocenters. The number of hydrogen-bond acceptors (Lipinski definition) is 4. The fourth-order valence-electron chi connectivity index (χ4n) is 3.90. The van der Waals surface area contributed by atoms with Crippen molar-refractivity contribution in [3.05, 3.63) is 71.3 Å². The molecule has 2 rings (SSSR count). The molecule has 0 bridgehead atoms. The van der Waals surface area contributed by atoms with E-state index in [0.29, 0.717) is 12.8 Å². The van der Waals surface area contributed by atoms with Gasteiger partial charge in [-0.15, -0.1) is 0 Å². The summed E-state index contributed by atoms with van der Waals surface area (Å²) in [7, 11) is -0.257. The highest BCUT2D eigenvalue weighted by Gasteiger charge is 2.26. The van der Waals surface area contributed by atoms with Crippen LogP contribution in [0.2, 0.25) is 0 Å². The number of rotatable bonds is 13. The van der Waals surface area contributed by atoms with Gasteiger partial charge < -0.3 is 9.47 Å². The Kier molecular flexibility index (Phi) is 10.3. The summed E-state index contributed by atoms with van der Waals surface area (Å²) in [5.74, 6) is 1.61. The van der Waals surface area contributed by atoms with Crippen LogP contribution < -0.4 is 14.6 Å². The molecule has 0 aliphatic rings. The first-order valence-corrected chi connectivity index (χ1v) is 12.8. The summed E-state index contributed by atoms with van der Waals surface area (Å²) in [6.45, 7) is 4.05. The van der Waals surface area contributed by atoms with E-state index in [1.54, 1.807) is 14.2 Å². The third kappa shape index (κ3) is 8.32. The third-order valence-corrected chi connectivity index (χ3v) is 7.40. The highest BCUT2D eigenvalue weighted by Crippen LogP contribution is 2.24. The van der Waals surface area contributed by atoms with Crippen LogP contribution in [0.25, 0.3) is 0 Å². The summed E-state index contributed by atoms with van der Waals surface area (Å²) >= 11 is 0. The molecular formula is C26H37NO4S. The predicted molar refractivity (Wildman–Crippen MR) is 132 cm³/mol. The molecule has 0 saturated carbocycles. The van der Waals surface area contributed by atoms with E-state index in [1.807, 2.05) is 31.2 Å². The first kappa shape index (κ1) is 25.9. The molecule has 0 aromatic heterocycles. The maximum atomic E-state index is 12.2. The Bertz CT molecular complexity index is 899. The van der Waals surface area contributed by atoms with E-state index in [-0.39, 0.29) is 5.92 Å². The molecule has 2 N–H and O–H groups in total. The van der Waals surface area contributed by atoms with Crippen molar-refractivity contribution in [3.63, 3.8) is 0 Å². The first-order valence-electron chi connectivity index (χ1n) is 11.2. The molecule has 0 aliphatic heterocycles. The number of primary sulfonamides is 1. The van der Waals surface area contributed by atoms with Crippen molar-refractivity contribution in [2.75, 3.05) is 14.2 Å². The summed E-state index contributed by atoms with van der Waals surface area (Å²) in [6, 6.07) is 16.1. The Morgan fingerprint density at radius 3 is 1.78 bits per heavy atom. The average Bonchev–Trinajstić information content (AvgIpc) is 2.78. The van der Waals surface area contributed by atoms with Gasteiger partial charge in [-0.25, -0.2) is 13.6 Å². The molecule has 2 aromatic rings. The van der Waals surface area contributed by atoms with Crippen molar-refractivity contribution >= 4 is 10.0 Å². The van der Waals surface area contributed by atoms with Crippen molar-refractivity contribution in [3.8, 4) is 11.5 Å². The molecule has 176 valence electrons. The second-order valence-electron chi connectivity index (χ2n) is 8.39. The minimum Gasteiger partial charge on any atom is -0.497 e. The molecule has 0 aliphatic carbocycles. The van der Waals surface area contributed by atoms with E-state index in [4.69, 9.17) is 14.6 Å². The monoisotopic (exact) mass is 459 g/mol. The Morgan fingerprint density at radius 2 is 1.41 bits per heavy atom. The minimum atomic E-state index is -3.57. The molecule has 0 spiro atoms.